The standard InChI is InChI=1S/C11H15N3O2/c1-2-3-4-7-5-6-8(10(12)15)9(14-7)11(13)16/h5-6H,2-4H2,1H3,(H2,12,15)(H2,13,16). The van der Waals surface area contributed by atoms with Gasteiger partial charge in [-0.05, 0) is 25.0 Å². The van der Waals surface area contributed by atoms with Crippen molar-refractivity contribution in [2.75, 3.05) is 0 Å². The van der Waals surface area contributed by atoms with Crippen LogP contribution in [-0.4, -0.2) is 16.8 Å². The van der Waals surface area contributed by atoms with Gasteiger partial charge in [0.15, 0.2) is 0 Å². The number of aryl methyl sites for hydroxylation is 1. The van der Waals surface area contributed by atoms with Crippen LogP contribution in [0.3, 0.4) is 0 Å². The number of amides is 2. The lowest BCUT2D eigenvalue weighted by atomic mass is 10.1. The molecule has 0 aliphatic rings. The Balaban J connectivity index is 3.07. The topological polar surface area (TPSA) is 99.1 Å². The predicted molar refractivity (Wildman–Crippen MR) is 59.9 cm³/mol. The Bertz CT molecular complexity index is 416. The van der Waals surface area contributed by atoms with Crippen LogP contribution in [0.1, 0.15) is 46.3 Å². The molecule has 0 radical (unpaired) electrons. The molecule has 1 rings (SSSR count). The Morgan fingerprint density at radius 3 is 2.44 bits per heavy atom. The van der Waals surface area contributed by atoms with Gasteiger partial charge in [-0.2, -0.15) is 0 Å². The number of unbranched alkanes of at least 4 members (excludes halogenated alkanes) is 1. The highest BCUT2D eigenvalue weighted by molar-refractivity contribution is 6.04. The summed E-state index contributed by atoms with van der Waals surface area (Å²) >= 11 is 0. The van der Waals surface area contributed by atoms with Crippen LogP contribution in [0.2, 0.25) is 0 Å². The molecule has 2 amide bonds. The summed E-state index contributed by atoms with van der Waals surface area (Å²) in [6.07, 6.45) is 2.77. The molecule has 16 heavy (non-hydrogen) atoms. The molecule has 4 N–H and O–H groups in total. The fourth-order valence-electron chi connectivity index (χ4n) is 1.38. The molecule has 0 bridgehead atoms. The first kappa shape index (κ1) is 12.2. The first-order valence-corrected chi connectivity index (χ1v) is 5.15. The number of nitrogens with zero attached hydrogens (tertiary/aromatic N) is 1. The molecule has 0 fully saturated rings. The Kier molecular flexibility index (Phi) is 3.99. The van der Waals surface area contributed by atoms with Crippen molar-refractivity contribution in [1.82, 2.24) is 4.98 Å². The van der Waals surface area contributed by atoms with Crippen molar-refractivity contribution in [3.05, 3.63) is 29.1 Å². The second-order valence-corrected chi connectivity index (χ2v) is 3.53. The van der Waals surface area contributed by atoms with Gasteiger partial charge < -0.3 is 11.5 Å². The second kappa shape index (κ2) is 5.25. The molecule has 5 nitrogen and oxygen atoms in total. The zero-order valence-electron chi connectivity index (χ0n) is 9.19. The number of primary amides is 2. The van der Waals surface area contributed by atoms with Gasteiger partial charge in [-0.15, -0.1) is 0 Å². The highest BCUT2D eigenvalue weighted by atomic mass is 16.2. The van der Waals surface area contributed by atoms with E-state index < -0.39 is 11.8 Å². The summed E-state index contributed by atoms with van der Waals surface area (Å²) in [5.74, 6) is -1.42. The summed E-state index contributed by atoms with van der Waals surface area (Å²) in [6.45, 7) is 2.06. The predicted octanol–water partition coefficient (Wildman–Crippen LogP) is 0.622. The van der Waals surface area contributed by atoms with Crippen molar-refractivity contribution in [2.24, 2.45) is 11.5 Å². The highest BCUT2D eigenvalue weighted by Crippen LogP contribution is 2.09. The first-order valence-electron chi connectivity index (χ1n) is 5.15. The van der Waals surface area contributed by atoms with E-state index in [1.54, 1.807) is 6.07 Å². The zero-order chi connectivity index (χ0) is 12.1. The number of rotatable bonds is 5. The fourth-order valence-corrected chi connectivity index (χ4v) is 1.38. The van der Waals surface area contributed by atoms with E-state index in [2.05, 4.69) is 11.9 Å². The van der Waals surface area contributed by atoms with Crippen LogP contribution in [0.25, 0.3) is 0 Å². The van der Waals surface area contributed by atoms with Gasteiger partial charge in [-0.3, -0.25) is 9.59 Å². The number of hydrogen-bond donors (Lipinski definition) is 2. The number of carbonyl (C=O) groups excluding carboxylic acids is 2. The third kappa shape index (κ3) is 2.79. The quantitative estimate of drug-likeness (QED) is 0.762. The van der Waals surface area contributed by atoms with Crippen LogP contribution in [-0.2, 0) is 6.42 Å². The highest BCUT2D eigenvalue weighted by Gasteiger charge is 2.14. The molecule has 1 aromatic rings. The molecule has 0 aliphatic heterocycles. The van der Waals surface area contributed by atoms with Gasteiger partial charge in [0.25, 0.3) is 11.8 Å². The third-order valence-corrected chi connectivity index (χ3v) is 2.24. The van der Waals surface area contributed by atoms with Gasteiger partial charge in [-0.25, -0.2) is 4.98 Å². The average molecular weight is 221 g/mol. The Morgan fingerprint density at radius 1 is 1.25 bits per heavy atom. The average Bonchev–Trinajstić information content (AvgIpc) is 2.25. The Labute approximate surface area is 93.8 Å². The number of pyridine rings is 1. The van der Waals surface area contributed by atoms with Crippen molar-refractivity contribution in [3.63, 3.8) is 0 Å². The van der Waals surface area contributed by atoms with Crippen LogP contribution < -0.4 is 11.5 Å². The fraction of sp³-hybridized carbons (Fsp3) is 0.364. The maximum atomic E-state index is 11.1. The van der Waals surface area contributed by atoms with Crippen LogP contribution in [0.5, 0.6) is 0 Å². The van der Waals surface area contributed by atoms with E-state index in [0.717, 1.165) is 25.0 Å². The summed E-state index contributed by atoms with van der Waals surface area (Å²) in [7, 11) is 0. The van der Waals surface area contributed by atoms with Gasteiger partial charge in [0.1, 0.15) is 5.69 Å². The van der Waals surface area contributed by atoms with E-state index in [9.17, 15) is 9.59 Å². The van der Waals surface area contributed by atoms with Crippen molar-refractivity contribution in [2.45, 2.75) is 26.2 Å². The molecule has 0 saturated heterocycles. The molecule has 1 aromatic heterocycles. The Morgan fingerprint density at radius 2 is 1.94 bits per heavy atom. The van der Waals surface area contributed by atoms with E-state index >= 15 is 0 Å². The lowest BCUT2D eigenvalue weighted by molar-refractivity contribution is 0.0963. The van der Waals surface area contributed by atoms with Gasteiger partial charge in [0.2, 0.25) is 0 Å². The van der Waals surface area contributed by atoms with E-state index in [1.807, 2.05) is 0 Å². The minimum absolute atomic E-state index is 0.0406. The molecule has 0 saturated carbocycles. The molecular formula is C11H15N3O2. The van der Waals surface area contributed by atoms with Gasteiger partial charge >= 0.3 is 0 Å². The van der Waals surface area contributed by atoms with E-state index in [1.165, 1.54) is 6.07 Å². The van der Waals surface area contributed by atoms with Crippen LogP contribution >= 0.6 is 0 Å². The van der Waals surface area contributed by atoms with Gasteiger partial charge in [0, 0.05) is 5.69 Å². The van der Waals surface area contributed by atoms with Crippen molar-refractivity contribution >= 4 is 11.8 Å². The van der Waals surface area contributed by atoms with Crippen molar-refractivity contribution < 1.29 is 9.59 Å². The smallest absolute Gasteiger partial charge is 0.268 e. The summed E-state index contributed by atoms with van der Waals surface area (Å²) < 4.78 is 0. The normalized spacial score (nSPS) is 10.1. The van der Waals surface area contributed by atoms with Crippen LogP contribution in [0.4, 0.5) is 0 Å². The lowest BCUT2D eigenvalue weighted by Crippen LogP contribution is -2.22. The molecular weight excluding hydrogens is 206 g/mol. The molecule has 86 valence electrons. The minimum atomic E-state index is -0.729. The Hall–Kier alpha value is -1.91. The van der Waals surface area contributed by atoms with Gasteiger partial charge in [-0.1, -0.05) is 13.3 Å². The maximum absolute atomic E-state index is 11.1. The first-order chi connectivity index (χ1) is 7.56. The van der Waals surface area contributed by atoms with Crippen LogP contribution in [0, 0.1) is 0 Å². The molecule has 0 aromatic carbocycles. The van der Waals surface area contributed by atoms with Crippen molar-refractivity contribution in [1.29, 1.82) is 0 Å². The lowest BCUT2D eigenvalue weighted by Gasteiger charge is -2.05. The van der Waals surface area contributed by atoms with Gasteiger partial charge in [0.05, 0.1) is 5.56 Å². The molecule has 0 aliphatic carbocycles. The summed E-state index contributed by atoms with van der Waals surface area (Å²) in [5, 5.41) is 0. The van der Waals surface area contributed by atoms with E-state index in [0.29, 0.717) is 0 Å². The zero-order valence-corrected chi connectivity index (χ0v) is 9.19. The maximum Gasteiger partial charge on any atom is 0.268 e. The third-order valence-electron chi connectivity index (χ3n) is 2.24. The number of nitrogens with two attached hydrogens (primary N) is 2. The van der Waals surface area contributed by atoms with Crippen LogP contribution in [0.15, 0.2) is 12.1 Å². The number of carbonyl (C=O) groups is 2. The van der Waals surface area contributed by atoms with E-state index in [-0.39, 0.29) is 11.3 Å². The molecule has 1 heterocycles. The minimum Gasteiger partial charge on any atom is -0.366 e. The summed E-state index contributed by atoms with van der Waals surface area (Å²) in [5.41, 5.74) is 11.0. The summed E-state index contributed by atoms with van der Waals surface area (Å²) in [4.78, 5) is 26.2. The van der Waals surface area contributed by atoms with Crippen molar-refractivity contribution in [3.8, 4) is 0 Å². The molecule has 5 heteroatoms. The number of hydrogen-bond acceptors (Lipinski definition) is 3. The largest absolute Gasteiger partial charge is 0.366 e. The monoisotopic (exact) mass is 221 g/mol. The van der Waals surface area contributed by atoms with E-state index in [4.69, 9.17) is 11.5 Å². The molecule has 0 spiro atoms. The number of aromatic nitrogens is 1. The SMILES string of the molecule is CCCCc1ccc(C(N)=O)c(C(N)=O)n1. The second-order valence-electron chi connectivity index (χ2n) is 3.53. The molecule has 0 atom stereocenters. The summed E-state index contributed by atoms with van der Waals surface area (Å²) in [6, 6.07) is 3.20. The molecule has 0 unspecified atom stereocenters.